The van der Waals surface area contributed by atoms with Crippen LogP contribution in [-0.2, 0) is 16.0 Å². The molecule has 2 aromatic carbocycles. The minimum Gasteiger partial charge on any atom is -0.508 e. The van der Waals surface area contributed by atoms with Crippen molar-refractivity contribution < 1.29 is 14.6 Å². The summed E-state index contributed by atoms with van der Waals surface area (Å²) in [5.41, 5.74) is 3.69. The van der Waals surface area contributed by atoms with Crippen molar-refractivity contribution in [3.05, 3.63) is 65.2 Å². The van der Waals surface area contributed by atoms with Gasteiger partial charge in [-0.1, -0.05) is 43.3 Å². The zero-order valence-electron chi connectivity index (χ0n) is 21.8. The number of nitrogens with zero attached hydrogens (tertiary/aromatic N) is 1. The summed E-state index contributed by atoms with van der Waals surface area (Å²) in [6.45, 7) is 8.85. The van der Waals surface area contributed by atoms with Crippen molar-refractivity contribution in [1.29, 1.82) is 0 Å². The van der Waals surface area contributed by atoms with E-state index >= 15 is 0 Å². The van der Waals surface area contributed by atoms with Crippen LogP contribution in [0, 0.1) is 5.92 Å². The number of amides is 1. The molecule has 2 N–H and O–H groups in total. The van der Waals surface area contributed by atoms with E-state index in [1.807, 2.05) is 18.2 Å². The third kappa shape index (κ3) is 5.90. The second-order valence-corrected chi connectivity index (χ2v) is 11.0. The summed E-state index contributed by atoms with van der Waals surface area (Å²) < 4.78 is 5.83. The van der Waals surface area contributed by atoms with Crippen molar-refractivity contribution in [2.24, 2.45) is 5.92 Å². The molecule has 1 unspecified atom stereocenters. The van der Waals surface area contributed by atoms with E-state index in [1.165, 1.54) is 11.1 Å². The summed E-state index contributed by atoms with van der Waals surface area (Å²) in [6.07, 6.45) is 5.58. The van der Waals surface area contributed by atoms with Gasteiger partial charge in [0, 0.05) is 18.7 Å². The van der Waals surface area contributed by atoms with E-state index in [0.717, 1.165) is 57.2 Å². The molecule has 5 nitrogen and oxygen atoms in total. The van der Waals surface area contributed by atoms with Crippen molar-refractivity contribution in [1.82, 2.24) is 10.2 Å². The number of aromatic hydroxyl groups is 1. The van der Waals surface area contributed by atoms with Gasteiger partial charge in [-0.15, -0.1) is 0 Å². The number of phenols is 1. The van der Waals surface area contributed by atoms with E-state index in [-0.39, 0.29) is 29.5 Å². The number of methoxy groups -OCH3 is 1. The maximum absolute atomic E-state index is 13.4. The molecule has 1 aliphatic heterocycles. The molecule has 190 valence electrons. The summed E-state index contributed by atoms with van der Waals surface area (Å²) >= 11 is 0. The van der Waals surface area contributed by atoms with Gasteiger partial charge in [0.1, 0.15) is 5.75 Å². The summed E-state index contributed by atoms with van der Waals surface area (Å²) in [5.74, 6) is 0.821. The highest BCUT2D eigenvalue weighted by molar-refractivity contribution is 5.80. The second kappa shape index (κ2) is 11.1. The molecule has 0 aromatic heterocycles. The molecule has 1 fully saturated rings. The average molecular weight is 479 g/mol. The van der Waals surface area contributed by atoms with Gasteiger partial charge in [0.05, 0.1) is 12.0 Å². The second-order valence-electron chi connectivity index (χ2n) is 11.0. The first-order valence-electron chi connectivity index (χ1n) is 13.3. The standard InChI is InChI=1S/C30H42N2O3/c1-5-24(31-29(34)27-14-13-22-9-6-7-12-26(22)28(27)35-4)20-30(2,3)32-17-15-21(16-18-32)23-10-8-11-25(33)19-23/h6-12,19,21,24,27-28,33H,5,13-18,20H2,1-4H3,(H,31,34)/t24?,27-,28-/m0/s1. The molecule has 1 aliphatic carbocycles. The van der Waals surface area contributed by atoms with Gasteiger partial charge in [-0.2, -0.15) is 0 Å². The topological polar surface area (TPSA) is 61.8 Å². The number of fused-ring (bicyclic) bond motifs is 1. The Labute approximate surface area is 210 Å². The Morgan fingerprint density at radius 3 is 2.57 bits per heavy atom. The van der Waals surface area contributed by atoms with Crippen molar-refractivity contribution in [3.8, 4) is 5.75 Å². The number of carbonyl (C=O) groups excluding carboxylic acids is 1. The van der Waals surface area contributed by atoms with Gasteiger partial charge < -0.3 is 15.2 Å². The zero-order valence-corrected chi connectivity index (χ0v) is 21.8. The smallest absolute Gasteiger partial charge is 0.226 e. The van der Waals surface area contributed by atoms with Crippen LogP contribution in [0.4, 0.5) is 0 Å². The number of aryl methyl sites for hydroxylation is 1. The van der Waals surface area contributed by atoms with Gasteiger partial charge in [0.15, 0.2) is 0 Å². The van der Waals surface area contributed by atoms with E-state index < -0.39 is 0 Å². The normalized spacial score (nSPS) is 22.4. The number of hydrogen-bond acceptors (Lipinski definition) is 4. The number of rotatable bonds is 8. The molecule has 3 atom stereocenters. The summed E-state index contributed by atoms with van der Waals surface area (Å²) in [7, 11) is 1.72. The van der Waals surface area contributed by atoms with E-state index in [1.54, 1.807) is 13.2 Å². The summed E-state index contributed by atoms with van der Waals surface area (Å²) in [5, 5.41) is 13.2. The predicted octanol–water partition coefficient (Wildman–Crippen LogP) is 5.59. The van der Waals surface area contributed by atoms with E-state index in [0.29, 0.717) is 11.7 Å². The van der Waals surface area contributed by atoms with Crippen LogP contribution in [0.25, 0.3) is 0 Å². The molecule has 1 heterocycles. The van der Waals surface area contributed by atoms with Crippen molar-refractivity contribution in [3.63, 3.8) is 0 Å². The molecule has 2 aliphatic rings. The summed E-state index contributed by atoms with van der Waals surface area (Å²) in [4.78, 5) is 16.0. The first-order chi connectivity index (χ1) is 16.8. The number of ether oxygens (including phenoxy) is 1. The van der Waals surface area contributed by atoms with Crippen LogP contribution in [0.15, 0.2) is 48.5 Å². The molecule has 0 bridgehead atoms. The third-order valence-corrected chi connectivity index (χ3v) is 8.32. The van der Waals surface area contributed by atoms with Crippen LogP contribution in [0.5, 0.6) is 5.75 Å². The highest BCUT2D eigenvalue weighted by Crippen LogP contribution is 2.37. The minimum absolute atomic E-state index is 0.00241. The van der Waals surface area contributed by atoms with Gasteiger partial charge in [0.25, 0.3) is 0 Å². The molecule has 1 saturated heterocycles. The van der Waals surface area contributed by atoms with Crippen LogP contribution in [0.1, 0.15) is 81.6 Å². The number of phenolic OH excluding ortho intramolecular Hbond substituents is 1. The maximum Gasteiger partial charge on any atom is 0.226 e. The van der Waals surface area contributed by atoms with Crippen molar-refractivity contribution >= 4 is 5.91 Å². The van der Waals surface area contributed by atoms with Crippen LogP contribution in [-0.4, -0.2) is 47.7 Å². The number of nitrogens with one attached hydrogen (secondary N) is 1. The lowest BCUT2D eigenvalue weighted by Crippen LogP contribution is -2.52. The van der Waals surface area contributed by atoms with E-state index in [4.69, 9.17) is 4.74 Å². The quantitative estimate of drug-likeness (QED) is 0.520. The molecule has 5 heteroatoms. The van der Waals surface area contributed by atoms with Crippen LogP contribution >= 0.6 is 0 Å². The largest absolute Gasteiger partial charge is 0.508 e. The Morgan fingerprint density at radius 2 is 1.89 bits per heavy atom. The molecule has 1 amide bonds. The Hall–Kier alpha value is -2.37. The SMILES string of the molecule is CCC(CC(C)(C)N1CCC(c2cccc(O)c2)CC1)NC(=O)[C@H]1CCc2ccccc2[C@@H]1OC. The third-order valence-electron chi connectivity index (χ3n) is 8.32. The van der Waals surface area contributed by atoms with Gasteiger partial charge in [0.2, 0.25) is 5.91 Å². The van der Waals surface area contributed by atoms with Gasteiger partial charge in [-0.25, -0.2) is 0 Å². The fourth-order valence-corrected chi connectivity index (χ4v) is 6.21. The van der Waals surface area contributed by atoms with Crippen molar-refractivity contribution in [2.75, 3.05) is 20.2 Å². The van der Waals surface area contributed by atoms with Gasteiger partial charge in [-0.05, 0) is 100 Å². The Bertz CT molecular complexity index is 997. The maximum atomic E-state index is 13.4. The lowest BCUT2D eigenvalue weighted by molar-refractivity contribution is -0.131. The first-order valence-corrected chi connectivity index (χ1v) is 13.3. The first kappa shape index (κ1) is 25.7. The molecular weight excluding hydrogens is 436 g/mol. The Kier molecular flexibility index (Phi) is 8.18. The van der Waals surface area contributed by atoms with Gasteiger partial charge in [-0.3, -0.25) is 9.69 Å². The number of carbonyl (C=O) groups is 1. The summed E-state index contributed by atoms with van der Waals surface area (Å²) in [6, 6.07) is 16.2. The average Bonchev–Trinajstić information content (AvgIpc) is 2.87. The molecule has 35 heavy (non-hydrogen) atoms. The highest BCUT2D eigenvalue weighted by Gasteiger charge is 2.37. The minimum atomic E-state index is -0.179. The number of hydrogen-bond donors (Lipinski definition) is 2. The van der Waals surface area contributed by atoms with Crippen LogP contribution < -0.4 is 5.32 Å². The van der Waals surface area contributed by atoms with E-state index in [2.05, 4.69) is 55.3 Å². The molecule has 4 rings (SSSR count). The number of piperidine rings is 1. The predicted molar refractivity (Wildman–Crippen MR) is 141 cm³/mol. The molecule has 0 radical (unpaired) electrons. The molecule has 0 spiro atoms. The monoisotopic (exact) mass is 478 g/mol. The zero-order chi connectivity index (χ0) is 25.0. The Morgan fingerprint density at radius 1 is 1.14 bits per heavy atom. The fourth-order valence-electron chi connectivity index (χ4n) is 6.21. The molecule has 2 aromatic rings. The van der Waals surface area contributed by atoms with Crippen LogP contribution in [0.3, 0.4) is 0 Å². The fraction of sp³-hybridized carbons (Fsp3) is 0.567. The Balaban J connectivity index is 1.35. The molecular formula is C30H42N2O3. The van der Waals surface area contributed by atoms with Crippen molar-refractivity contribution in [2.45, 2.75) is 82.9 Å². The number of likely N-dealkylation sites (tertiary alicyclic amines) is 1. The number of benzene rings is 2. The highest BCUT2D eigenvalue weighted by atomic mass is 16.5. The van der Waals surface area contributed by atoms with Crippen LogP contribution in [0.2, 0.25) is 0 Å². The lowest BCUT2D eigenvalue weighted by Gasteiger charge is -2.45. The van der Waals surface area contributed by atoms with Gasteiger partial charge >= 0.3 is 0 Å². The van der Waals surface area contributed by atoms with E-state index in [9.17, 15) is 9.90 Å². The molecule has 0 saturated carbocycles. The lowest BCUT2D eigenvalue weighted by atomic mass is 9.80.